The highest BCUT2D eigenvalue weighted by Crippen LogP contribution is 2.23. The molecular weight excluding hydrogens is 156 g/mol. The van der Waals surface area contributed by atoms with Crippen LogP contribution in [0, 0.1) is 20.8 Å². The smallest absolute Gasteiger partial charge is 0.0172 e. The van der Waals surface area contributed by atoms with Crippen LogP contribution in [0.4, 0.5) is 0 Å². The molecule has 1 aromatic carbocycles. The summed E-state index contributed by atoms with van der Waals surface area (Å²) in [5.74, 6) is 0. The first kappa shape index (κ1) is 10.0. The molecule has 70 valence electrons. The second-order valence-corrected chi connectivity index (χ2v) is 3.75. The summed E-state index contributed by atoms with van der Waals surface area (Å²) in [6.45, 7) is 10.8. The molecule has 0 radical (unpaired) electrons. The van der Waals surface area contributed by atoms with E-state index in [1.54, 1.807) is 0 Å². The first-order valence-corrected chi connectivity index (χ1v) is 4.77. The van der Waals surface area contributed by atoms with Crippen LogP contribution in [-0.4, -0.2) is 0 Å². The Bertz CT molecular complexity index is 320. The third kappa shape index (κ3) is 2.00. The number of rotatable bonds is 1. The molecule has 13 heavy (non-hydrogen) atoms. The fourth-order valence-corrected chi connectivity index (χ4v) is 1.95. The third-order valence-electron chi connectivity index (χ3n) is 2.50. The third-order valence-corrected chi connectivity index (χ3v) is 2.50. The van der Waals surface area contributed by atoms with E-state index in [1.165, 1.54) is 27.8 Å². The summed E-state index contributed by atoms with van der Waals surface area (Å²) in [6.07, 6.45) is 2.17. The summed E-state index contributed by atoms with van der Waals surface area (Å²) in [5.41, 5.74) is 6.90. The van der Waals surface area contributed by atoms with Gasteiger partial charge >= 0.3 is 0 Å². The van der Waals surface area contributed by atoms with Crippen molar-refractivity contribution in [2.45, 2.75) is 34.6 Å². The minimum atomic E-state index is 1.35. The Balaban J connectivity index is 3.37. The van der Waals surface area contributed by atoms with Gasteiger partial charge in [0.15, 0.2) is 0 Å². The van der Waals surface area contributed by atoms with Gasteiger partial charge in [-0.2, -0.15) is 0 Å². The molecule has 0 heteroatoms. The molecule has 0 atom stereocenters. The van der Waals surface area contributed by atoms with Gasteiger partial charge in [-0.05, 0) is 56.9 Å². The van der Waals surface area contributed by atoms with Gasteiger partial charge in [0.05, 0.1) is 0 Å². The zero-order valence-corrected chi connectivity index (χ0v) is 9.23. The zero-order valence-electron chi connectivity index (χ0n) is 9.23. The standard InChI is InChI=1S/C13H18/c1-6-10(3)13-11(4)7-9(2)8-12(13)5/h6-8H,1-5H3. The van der Waals surface area contributed by atoms with Crippen molar-refractivity contribution < 1.29 is 0 Å². The van der Waals surface area contributed by atoms with Gasteiger partial charge in [0, 0.05) is 0 Å². The SMILES string of the molecule is CC=C(C)c1c(C)cc(C)cc1C. The van der Waals surface area contributed by atoms with E-state index >= 15 is 0 Å². The van der Waals surface area contributed by atoms with E-state index in [0.717, 1.165) is 0 Å². The van der Waals surface area contributed by atoms with E-state index in [2.05, 4.69) is 52.8 Å². The Morgan fingerprint density at radius 1 is 1.08 bits per heavy atom. The van der Waals surface area contributed by atoms with Crippen molar-refractivity contribution in [2.24, 2.45) is 0 Å². The minimum absolute atomic E-state index is 1.35. The van der Waals surface area contributed by atoms with Crippen molar-refractivity contribution in [1.29, 1.82) is 0 Å². The van der Waals surface area contributed by atoms with Crippen LogP contribution in [0.2, 0.25) is 0 Å². The molecule has 0 heterocycles. The van der Waals surface area contributed by atoms with Gasteiger partial charge in [0.1, 0.15) is 0 Å². The first-order chi connectivity index (χ1) is 6.06. The van der Waals surface area contributed by atoms with E-state index in [9.17, 15) is 0 Å². The van der Waals surface area contributed by atoms with Crippen molar-refractivity contribution in [3.8, 4) is 0 Å². The van der Waals surface area contributed by atoms with Crippen LogP contribution in [0.15, 0.2) is 18.2 Å². The van der Waals surface area contributed by atoms with Gasteiger partial charge in [0.2, 0.25) is 0 Å². The van der Waals surface area contributed by atoms with Crippen LogP contribution >= 0.6 is 0 Å². The number of hydrogen-bond acceptors (Lipinski definition) is 0. The molecule has 0 unspecified atom stereocenters. The van der Waals surface area contributed by atoms with Crippen molar-refractivity contribution in [3.63, 3.8) is 0 Å². The molecule has 0 fully saturated rings. The van der Waals surface area contributed by atoms with Gasteiger partial charge in [-0.25, -0.2) is 0 Å². The second-order valence-electron chi connectivity index (χ2n) is 3.75. The van der Waals surface area contributed by atoms with Crippen LogP contribution in [0.1, 0.15) is 36.1 Å². The first-order valence-electron chi connectivity index (χ1n) is 4.77. The predicted molar refractivity (Wildman–Crippen MR) is 60.0 cm³/mol. The molecule has 0 aliphatic rings. The average Bonchev–Trinajstić information content (AvgIpc) is 2.02. The molecule has 0 aliphatic heterocycles. The Morgan fingerprint density at radius 2 is 1.54 bits per heavy atom. The van der Waals surface area contributed by atoms with Crippen molar-refractivity contribution in [3.05, 3.63) is 40.5 Å². The van der Waals surface area contributed by atoms with Crippen LogP contribution < -0.4 is 0 Å². The van der Waals surface area contributed by atoms with E-state index in [1.807, 2.05) is 0 Å². The van der Waals surface area contributed by atoms with Crippen LogP contribution in [0.25, 0.3) is 5.57 Å². The summed E-state index contributed by atoms with van der Waals surface area (Å²) in [7, 11) is 0. The zero-order chi connectivity index (χ0) is 10.0. The highest BCUT2D eigenvalue weighted by molar-refractivity contribution is 5.69. The Labute approximate surface area is 81.3 Å². The highest BCUT2D eigenvalue weighted by atomic mass is 14.1. The summed E-state index contributed by atoms with van der Waals surface area (Å²) in [5, 5.41) is 0. The Kier molecular flexibility index (Phi) is 2.92. The fourth-order valence-electron chi connectivity index (χ4n) is 1.95. The fraction of sp³-hybridized carbons (Fsp3) is 0.385. The topological polar surface area (TPSA) is 0 Å². The number of hydrogen-bond donors (Lipinski definition) is 0. The van der Waals surface area contributed by atoms with Crippen LogP contribution in [0.3, 0.4) is 0 Å². The number of allylic oxidation sites excluding steroid dienone is 2. The lowest BCUT2D eigenvalue weighted by Gasteiger charge is -2.11. The Hall–Kier alpha value is -1.04. The molecule has 1 aromatic rings. The normalized spacial score (nSPS) is 11.9. The lowest BCUT2D eigenvalue weighted by atomic mass is 9.94. The number of benzene rings is 1. The molecule has 0 aliphatic carbocycles. The molecule has 0 nitrogen and oxygen atoms in total. The lowest BCUT2D eigenvalue weighted by molar-refractivity contribution is 1.28. The maximum atomic E-state index is 2.25. The van der Waals surface area contributed by atoms with E-state index < -0.39 is 0 Å². The van der Waals surface area contributed by atoms with Gasteiger partial charge in [-0.15, -0.1) is 0 Å². The molecule has 0 amide bonds. The molecule has 0 bridgehead atoms. The molecule has 0 N–H and O–H groups in total. The highest BCUT2D eigenvalue weighted by Gasteiger charge is 2.04. The molecule has 0 aromatic heterocycles. The van der Waals surface area contributed by atoms with Gasteiger partial charge < -0.3 is 0 Å². The van der Waals surface area contributed by atoms with E-state index in [0.29, 0.717) is 0 Å². The van der Waals surface area contributed by atoms with Crippen LogP contribution in [-0.2, 0) is 0 Å². The van der Waals surface area contributed by atoms with Crippen molar-refractivity contribution in [1.82, 2.24) is 0 Å². The molecule has 0 saturated heterocycles. The van der Waals surface area contributed by atoms with Crippen LogP contribution in [0.5, 0.6) is 0 Å². The van der Waals surface area contributed by atoms with E-state index in [-0.39, 0.29) is 0 Å². The van der Waals surface area contributed by atoms with Gasteiger partial charge in [0.25, 0.3) is 0 Å². The molecule has 0 spiro atoms. The minimum Gasteiger partial charge on any atom is -0.0841 e. The Morgan fingerprint density at radius 3 is 1.92 bits per heavy atom. The quantitative estimate of drug-likeness (QED) is 0.603. The molecule has 0 saturated carbocycles. The summed E-state index contributed by atoms with van der Waals surface area (Å²) < 4.78 is 0. The van der Waals surface area contributed by atoms with Crippen molar-refractivity contribution in [2.75, 3.05) is 0 Å². The maximum Gasteiger partial charge on any atom is -0.0172 e. The second kappa shape index (κ2) is 3.78. The summed E-state index contributed by atoms with van der Waals surface area (Å²) >= 11 is 0. The average molecular weight is 174 g/mol. The van der Waals surface area contributed by atoms with Gasteiger partial charge in [-0.1, -0.05) is 23.8 Å². The maximum absolute atomic E-state index is 2.25. The summed E-state index contributed by atoms with van der Waals surface area (Å²) in [4.78, 5) is 0. The largest absolute Gasteiger partial charge is 0.0841 e. The summed E-state index contributed by atoms with van der Waals surface area (Å²) in [6, 6.07) is 4.49. The number of aryl methyl sites for hydroxylation is 3. The molecular formula is C13H18. The molecule has 1 rings (SSSR count). The van der Waals surface area contributed by atoms with Gasteiger partial charge in [-0.3, -0.25) is 0 Å². The lowest BCUT2D eigenvalue weighted by Crippen LogP contribution is -1.91. The van der Waals surface area contributed by atoms with Crippen molar-refractivity contribution >= 4 is 5.57 Å². The monoisotopic (exact) mass is 174 g/mol. The predicted octanol–water partition coefficient (Wildman–Crippen LogP) is 4.04. The van der Waals surface area contributed by atoms with E-state index in [4.69, 9.17) is 0 Å².